The third-order valence-corrected chi connectivity index (χ3v) is 1.69. The summed E-state index contributed by atoms with van der Waals surface area (Å²) in [4.78, 5) is 0. The van der Waals surface area contributed by atoms with E-state index < -0.39 is 0 Å². The van der Waals surface area contributed by atoms with Crippen LogP contribution in [0.4, 0.5) is 0 Å². The number of hydrogen-bond donors (Lipinski definition) is 0. The maximum atomic E-state index is 3.63. The van der Waals surface area contributed by atoms with Gasteiger partial charge >= 0.3 is 0 Å². The third-order valence-electron chi connectivity index (χ3n) is 1.69. The summed E-state index contributed by atoms with van der Waals surface area (Å²) < 4.78 is 0. The minimum absolute atomic E-state index is 0.876. The first kappa shape index (κ1) is 8.74. The molecular weight excluding hydrogens is 108 g/mol. The first-order valence-electron chi connectivity index (χ1n) is 3.75. The monoisotopic (exact) mass is 125 g/mol. The van der Waals surface area contributed by atoms with E-state index in [1.165, 1.54) is 19.3 Å². The van der Waals surface area contributed by atoms with E-state index in [1.807, 2.05) is 6.08 Å². The van der Waals surface area contributed by atoms with Crippen LogP contribution in [0.5, 0.6) is 0 Å². The molecule has 0 bridgehead atoms. The fraction of sp³-hybridized carbons (Fsp3) is 0.667. The SMILES string of the molecule is [CH2]C=CCCC(C)CC. The molecule has 0 spiro atoms. The Morgan fingerprint density at radius 1 is 1.56 bits per heavy atom. The maximum absolute atomic E-state index is 3.63. The van der Waals surface area contributed by atoms with Crippen molar-refractivity contribution in [3.63, 3.8) is 0 Å². The lowest BCUT2D eigenvalue weighted by Gasteiger charge is -2.03. The molecule has 0 nitrogen and oxygen atoms in total. The molecule has 9 heavy (non-hydrogen) atoms. The molecule has 0 aromatic heterocycles. The van der Waals surface area contributed by atoms with Gasteiger partial charge in [-0.05, 0) is 25.7 Å². The van der Waals surface area contributed by atoms with Gasteiger partial charge in [0.1, 0.15) is 0 Å². The van der Waals surface area contributed by atoms with Gasteiger partial charge in [-0.2, -0.15) is 0 Å². The van der Waals surface area contributed by atoms with Gasteiger partial charge < -0.3 is 0 Å². The van der Waals surface area contributed by atoms with Gasteiger partial charge in [0.05, 0.1) is 0 Å². The number of allylic oxidation sites excluding steroid dienone is 2. The van der Waals surface area contributed by atoms with Gasteiger partial charge in [-0.3, -0.25) is 0 Å². The Morgan fingerprint density at radius 2 is 2.22 bits per heavy atom. The summed E-state index contributed by atoms with van der Waals surface area (Å²) in [6.07, 6.45) is 7.81. The molecule has 1 radical (unpaired) electrons. The average Bonchev–Trinajstić information content (AvgIpc) is 1.89. The Labute approximate surface area is 59.0 Å². The zero-order chi connectivity index (χ0) is 7.11. The van der Waals surface area contributed by atoms with Gasteiger partial charge in [0.15, 0.2) is 0 Å². The molecule has 1 atom stereocenters. The Morgan fingerprint density at radius 3 is 2.67 bits per heavy atom. The fourth-order valence-corrected chi connectivity index (χ4v) is 0.703. The summed E-state index contributed by atoms with van der Waals surface area (Å²) in [5.41, 5.74) is 0. The first-order valence-corrected chi connectivity index (χ1v) is 3.75. The van der Waals surface area contributed by atoms with Gasteiger partial charge in [-0.25, -0.2) is 0 Å². The summed E-state index contributed by atoms with van der Waals surface area (Å²) >= 11 is 0. The standard InChI is InChI=1S/C9H17/c1-4-6-7-8-9(3)5-2/h4,6,9H,1,5,7-8H2,2-3H3. The molecule has 0 fully saturated rings. The molecular formula is C9H17. The van der Waals surface area contributed by atoms with Crippen molar-refractivity contribution in [2.45, 2.75) is 33.1 Å². The number of hydrogen-bond acceptors (Lipinski definition) is 0. The van der Waals surface area contributed by atoms with Crippen molar-refractivity contribution >= 4 is 0 Å². The van der Waals surface area contributed by atoms with Gasteiger partial charge in [0.2, 0.25) is 0 Å². The van der Waals surface area contributed by atoms with E-state index >= 15 is 0 Å². The zero-order valence-corrected chi connectivity index (χ0v) is 6.56. The Hall–Kier alpha value is -0.260. The molecule has 0 heterocycles. The van der Waals surface area contributed by atoms with Crippen LogP contribution in [0.1, 0.15) is 33.1 Å². The minimum atomic E-state index is 0.876. The largest absolute Gasteiger partial charge is 0.0885 e. The summed E-state index contributed by atoms with van der Waals surface area (Å²) in [5, 5.41) is 0. The molecule has 0 amide bonds. The number of rotatable bonds is 4. The lowest BCUT2D eigenvalue weighted by atomic mass is 10.0. The molecule has 0 saturated heterocycles. The molecule has 53 valence electrons. The summed E-state index contributed by atoms with van der Waals surface area (Å²) in [6.45, 7) is 8.15. The first-order chi connectivity index (χ1) is 4.31. The second-order valence-corrected chi connectivity index (χ2v) is 2.56. The highest BCUT2D eigenvalue weighted by molar-refractivity contribution is 4.83. The topological polar surface area (TPSA) is 0 Å². The molecule has 0 rings (SSSR count). The van der Waals surface area contributed by atoms with Gasteiger partial charge in [0, 0.05) is 0 Å². The predicted molar refractivity (Wildman–Crippen MR) is 43.2 cm³/mol. The van der Waals surface area contributed by atoms with Gasteiger partial charge in [0.25, 0.3) is 0 Å². The molecule has 0 aliphatic rings. The Bertz CT molecular complexity index is 72.1. The van der Waals surface area contributed by atoms with Crippen LogP contribution in [0, 0.1) is 12.8 Å². The van der Waals surface area contributed by atoms with E-state index in [0.717, 1.165) is 5.92 Å². The van der Waals surface area contributed by atoms with E-state index in [2.05, 4.69) is 26.8 Å². The molecule has 0 aliphatic heterocycles. The van der Waals surface area contributed by atoms with Crippen LogP contribution < -0.4 is 0 Å². The van der Waals surface area contributed by atoms with Crippen molar-refractivity contribution in [2.75, 3.05) is 0 Å². The van der Waals surface area contributed by atoms with Crippen LogP contribution >= 0.6 is 0 Å². The highest BCUT2D eigenvalue weighted by atomic mass is 14.0. The van der Waals surface area contributed by atoms with Crippen LogP contribution in [-0.2, 0) is 0 Å². The van der Waals surface area contributed by atoms with Crippen LogP contribution in [0.3, 0.4) is 0 Å². The van der Waals surface area contributed by atoms with E-state index in [4.69, 9.17) is 0 Å². The third kappa shape index (κ3) is 5.61. The van der Waals surface area contributed by atoms with Gasteiger partial charge in [-0.1, -0.05) is 32.4 Å². The second kappa shape index (κ2) is 5.87. The second-order valence-electron chi connectivity index (χ2n) is 2.56. The summed E-state index contributed by atoms with van der Waals surface area (Å²) in [6, 6.07) is 0. The summed E-state index contributed by atoms with van der Waals surface area (Å²) in [7, 11) is 0. The van der Waals surface area contributed by atoms with Crippen molar-refractivity contribution in [1.29, 1.82) is 0 Å². The van der Waals surface area contributed by atoms with E-state index in [0.29, 0.717) is 0 Å². The van der Waals surface area contributed by atoms with Crippen LogP contribution in [0.2, 0.25) is 0 Å². The smallest absolute Gasteiger partial charge is 0.0316 e. The van der Waals surface area contributed by atoms with Crippen molar-refractivity contribution in [1.82, 2.24) is 0 Å². The molecule has 0 aromatic rings. The van der Waals surface area contributed by atoms with Crippen molar-refractivity contribution in [3.05, 3.63) is 19.1 Å². The molecule has 0 saturated carbocycles. The maximum Gasteiger partial charge on any atom is -0.0316 e. The molecule has 1 unspecified atom stereocenters. The highest BCUT2D eigenvalue weighted by Crippen LogP contribution is 2.08. The van der Waals surface area contributed by atoms with E-state index in [9.17, 15) is 0 Å². The quantitative estimate of drug-likeness (QED) is 0.541. The van der Waals surface area contributed by atoms with Crippen molar-refractivity contribution in [2.24, 2.45) is 5.92 Å². The van der Waals surface area contributed by atoms with E-state index in [-0.39, 0.29) is 0 Å². The minimum Gasteiger partial charge on any atom is -0.0885 e. The van der Waals surface area contributed by atoms with Crippen LogP contribution in [0.25, 0.3) is 0 Å². The molecule has 0 N–H and O–H groups in total. The molecule has 0 heteroatoms. The van der Waals surface area contributed by atoms with Crippen molar-refractivity contribution < 1.29 is 0 Å². The predicted octanol–water partition coefficient (Wildman–Crippen LogP) is 3.20. The molecule has 0 aliphatic carbocycles. The fourth-order valence-electron chi connectivity index (χ4n) is 0.703. The van der Waals surface area contributed by atoms with Crippen molar-refractivity contribution in [3.8, 4) is 0 Å². The Kier molecular flexibility index (Phi) is 5.70. The molecule has 0 aromatic carbocycles. The summed E-state index contributed by atoms with van der Waals surface area (Å²) in [5.74, 6) is 0.876. The lowest BCUT2D eigenvalue weighted by molar-refractivity contribution is 0.522. The normalized spacial score (nSPS) is 14.6. The van der Waals surface area contributed by atoms with E-state index in [1.54, 1.807) is 0 Å². The highest BCUT2D eigenvalue weighted by Gasteiger charge is 1.93. The van der Waals surface area contributed by atoms with Crippen LogP contribution in [0.15, 0.2) is 12.2 Å². The Balaban J connectivity index is 3.06. The zero-order valence-electron chi connectivity index (χ0n) is 6.56. The average molecular weight is 125 g/mol. The lowest BCUT2D eigenvalue weighted by Crippen LogP contribution is -1.89. The van der Waals surface area contributed by atoms with Gasteiger partial charge in [-0.15, -0.1) is 0 Å². The van der Waals surface area contributed by atoms with Crippen LogP contribution in [-0.4, -0.2) is 0 Å².